The van der Waals surface area contributed by atoms with Crippen molar-refractivity contribution >= 4 is 84.3 Å². The van der Waals surface area contributed by atoms with Crippen molar-refractivity contribution in [2.24, 2.45) is 14.1 Å². The Balaban J connectivity index is 0.000000168. The summed E-state index contributed by atoms with van der Waals surface area (Å²) in [7, 11) is 4.00. The molecule has 2 fully saturated rings. The quantitative estimate of drug-likeness (QED) is 0.113. The molecular formula is C44H42BrClN6O4. The van der Waals surface area contributed by atoms with Crippen molar-refractivity contribution in [3.8, 4) is 11.1 Å². The van der Waals surface area contributed by atoms with E-state index >= 15 is 0 Å². The Morgan fingerprint density at radius 2 is 1.16 bits per heavy atom. The lowest BCUT2D eigenvalue weighted by Crippen LogP contribution is -2.06. The Hall–Kier alpha value is -5.65. The van der Waals surface area contributed by atoms with Gasteiger partial charge in [0.05, 0.1) is 11.0 Å². The zero-order valence-corrected chi connectivity index (χ0v) is 33.8. The molecule has 9 rings (SSSR count). The van der Waals surface area contributed by atoms with E-state index in [1.165, 1.54) is 0 Å². The van der Waals surface area contributed by atoms with Crippen molar-refractivity contribution in [1.82, 2.24) is 19.1 Å². The van der Waals surface area contributed by atoms with E-state index in [-0.39, 0.29) is 11.1 Å². The summed E-state index contributed by atoms with van der Waals surface area (Å²) < 4.78 is 5.06. The lowest BCUT2D eigenvalue weighted by molar-refractivity contribution is 0.0686. The molecule has 0 unspecified atom stereocenters. The monoisotopic (exact) mass is 832 g/mol. The van der Waals surface area contributed by atoms with Gasteiger partial charge in [-0.25, -0.2) is 19.6 Å². The van der Waals surface area contributed by atoms with Crippen LogP contribution in [-0.2, 0) is 14.1 Å². The van der Waals surface area contributed by atoms with E-state index in [2.05, 4.69) is 41.1 Å². The minimum Gasteiger partial charge on any atom is -0.478 e. The summed E-state index contributed by atoms with van der Waals surface area (Å²) in [5.41, 5.74) is 8.26. The minimum atomic E-state index is -0.980. The predicted molar refractivity (Wildman–Crippen MR) is 228 cm³/mol. The van der Waals surface area contributed by atoms with Crippen LogP contribution in [0.3, 0.4) is 0 Å². The second-order valence-electron chi connectivity index (χ2n) is 14.0. The molecule has 56 heavy (non-hydrogen) atoms. The second-order valence-corrected chi connectivity index (χ2v) is 15.2. The molecule has 2 aliphatic carbocycles. The fourth-order valence-corrected chi connectivity index (χ4v) is 7.75. The van der Waals surface area contributed by atoms with Crippen LogP contribution in [0.2, 0.25) is 5.02 Å². The van der Waals surface area contributed by atoms with Crippen LogP contribution in [0.4, 0.5) is 23.0 Å². The minimum absolute atomic E-state index is 0.195. The van der Waals surface area contributed by atoms with E-state index in [1.54, 1.807) is 24.5 Å². The lowest BCUT2D eigenvalue weighted by Gasteiger charge is -2.14. The molecule has 0 atom stereocenters. The third kappa shape index (κ3) is 8.29. The highest BCUT2D eigenvalue weighted by Crippen LogP contribution is 2.42. The fourth-order valence-electron chi connectivity index (χ4n) is 6.86. The molecule has 286 valence electrons. The number of pyridine rings is 2. The number of anilines is 4. The van der Waals surface area contributed by atoms with E-state index in [0.29, 0.717) is 28.5 Å². The third-order valence-electron chi connectivity index (χ3n) is 9.95. The molecule has 0 bridgehead atoms. The maximum atomic E-state index is 11.8. The summed E-state index contributed by atoms with van der Waals surface area (Å²) in [4.78, 5) is 32.2. The van der Waals surface area contributed by atoms with E-state index in [9.17, 15) is 19.8 Å². The van der Waals surface area contributed by atoms with Crippen LogP contribution < -0.4 is 10.6 Å². The van der Waals surface area contributed by atoms with Crippen LogP contribution >= 0.6 is 27.5 Å². The van der Waals surface area contributed by atoms with E-state index in [1.807, 2.05) is 106 Å². The van der Waals surface area contributed by atoms with Gasteiger partial charge >= 0.3 is 11.9 Å². The van der Waals surface area contributed by atoms with E-state index < -0.39 is 11.9 Å². The molecule has 0 amide bonds. The highest BCUT2D eigenvalue weighted by atomic mass is 79.9. The van der Waals surface area contributed by atoms with Gasteiger partial charge < -0.3 is 30.0 Å². The Kier molecular flexibility index (Phi) is 11.2. The summed E-state index contributed by atoms with van der Waals surface area (Å²) in [6.45, 7) is 4.00. The molecule has 4 N–H and O–H groups in total. The van der Waals surface area contributed by atoms with Crippen molar-refractivity contribution < 1.29 is 19.8 Å². The molecule has 3 aromatic carbocycles. The van der Waals surface area contributed by atoms with Crippen molar-refractivity contribution in [3.63, 3.8) is 0 Å². The van der Waals surface area contributed by atoms with Crippen LogP contribution in [0.5, 0.6) is 0 Å². The summed E-state index contributed by atoms with van der Waals surface area (Å²) in [6, 6.07) is 23.2. The van der Waals surface area contributed by atoms with Gasteiger partial charge in [0.2, 0.25) is 0 Å². The average molecular weight is 834 g/mol. The first-order chi connectivity index (χ1) is 27.0. The van der Waals surface area contributed by atoms with Crippen LogP contribution in [0.15, 0.2) is 102 Å². The number of aromatic carboxylic acids is 2. The highest BCUT2D eigenvalue weighted by molar-refractivity contribution is 9.10. The number of nitrogens with zero attached hydrogens (tertiary/aromatic N) is 4. The predicted octanol–water partition coefficient (Wildman–Crippen LogP) is 11.9. The highest BCUT2D eigenvalue weighted by Gasteiger charge is 2.27. The normalized spacial score (nSPS) is 13.4. The number of hydrogen-bond acceptors (Lipinski definition) is 6. The average Bonchev–Trinajstić information content (AvgIpc) is 4.13. The molecular weight excluding hydrogens is 792 g/mol. The maximum absolute atomic E-state index is 11.8. The van der Waals surface area contributed by atoms with Crippen LogP contribution in [0.25, 0.3) is 32.9 Å². The number of carbonyl (C=O) groups is 2. The molecule has 0 spiro atoms. The molecule has 0 radical (unpaired) electrons. The molecule has 4 aromatic heterocycles. The molecule has 2 saturated carbocycles. The van der Waals surface area contributed by atoms with Crippen LogP contribution in [0.1, 0.15) is 83.2 Å². The summed E-state index contributed by atoms with van der Waals surface area (Å²) >= 11 is 9.65. The number of nitrogens with one attached hydrogen (secondary N) is 2. The first-order valence-corrected chi connectivity index (χ1v) is 19.8. The van der Waals surface area contributed by atoms with E-state index in [4.69, 9.17) is 11.6 Å². The molecule has 10 nitrogen and oxygen atoms in total. The SMILES string of the molecule is CC.Cn1ccc2cc(Nc3ncc(C4CC4)cc3C(=O)O)cc(-c3ccc(Cl)cc3)c21.Cn1ccc2cc(Nc3ncc(C4CC4)cc3C(=O)O)cc(Br)c21. The number of carboxylic acid groups (broad SMARTS) is 2. The van der Waals surface area contributed by atoms with Gasteiger partial charge in [-0.15, -0.1) is 0 Å². The summed E-state index contributed by atoms with van der Waals surface area (Å²) in [5.74, 6) is -0.307. The van der Waals surface area contributed by atoms with Gasteiger partial charge in [-0.1, -0.05) is 37.6 Å². The number of rotatable bonds is 9. The van der Waals surface area contributed by atoms with Gasteiger partial charge in [0.25, 0.3) is 0 Å². The van der Waals surface area contributed by atoms with Gasteiger partial charge in [-0.2, -0.15) is 0 Å². The van der Waals surface area contributed by atoms with Crippen molar-refractivity contribution in [3.05, 3.63) is 129 Å². The number of halogens is 2. The Morgan fingerprint density at radius 3 is 1.64 bits per heavy atom. The number of hydrogen-bond donors (Lipinski definition) is 4. The van der Waals surface area contributed by atoms with E-state index in [0.717, 1.165) is 85.6 Å². The summed E-state index contributed by atoms with van der Waals surface area (Å²) in [5, 5.41) is 28.4. The Bertz CT molecular complexity index is 2590. The summed E-state index contributed by atoms with van der Waals surface area (Å²) in [6.07, 6.45) is 12.0. The number of aryl methyl sites for hydroxylation is 2. The fraction of sp³-hybridized carbons (Fsp3) is 0.227. The molecule has 0 saturated heterocycles. The van der Waals surface area contributed by atoms with Gasteiger partial charge in [0.1, 0.15) is 22.8 Å². The third-order valence-corrected chi connectivity index (χ3v) is 10.8. The molecule has 7 aromatic rings. The Labute approximate surface area is 338 Å². The lowest BCUT2D eigenvalue weighted by atomic mass is 10.0. The first-order valence-electron chi connectivity index (χ1n) is 18.6. The maximum Gasteiger partial charge on any atom is 0.339 e. The van der Waals surface area contributed by atoms with Crippen molar-refractivity contribution in [1.29, 1.82) is 0 Å². The largest absolute Gasteiger partial charge is 0.478 e. The van der Waals surface area contributed by atoms with Crippen LogP contribution in [-0.4, -0.2) is 41.3 Å². The number of aromatic nitrogens is 4. The van der Waals surface area contributed by atoms with Gasteiger partial charge in [-0.05, 0) is 131 Å². The Morgan fingerprint density at radius 1 is 0.696 bits per heavy atom. The van der Waals surface area contributed by atoms with Crippen LogP contribution in [0, 0.1) is 0 Å². The van der Waals surface area contributed by atoms with Gasteiger partial charge in [-0.3, -0.25) is 0 Å². The molecule has 2 aliphatic rings. The number of benzene rings is 3. The first kappa shape index (κ1) is 38.6. The molecule has 0 aliphatic heterocycles. The van der Waals surface area contributed by atoms with Crippen molar-refractivity contribution in [2.45, 2.75) is 51.4 Å². The molecule has 12 heteroatoms. The van der Waals surface area contributed by atoms with Crippen molar-refractivity contribution in [2.75, 3.05) is 10.6 Å². The van der Waals surface area contributed by atoms with Gasteiger partial charge in [0, 0.05) is 76.1 Å². The second kappa shape index (κ2) is 16.2. The zero-order valence-electron chi connectivity index (χ0n) is 31.5. The molecule has 4 heterocycles. The topological polar surface area (TPSA) is 134 Å². The number of fused-ring (bicyclic) bond motifs is 2. The van der Waals surface area contributed by atoms with Gasteiger partial charge in [0.15, 0.2) is 0 Å². The smallest absolute Gasteiger partial charge is 0.339 e. The zero-order chi connectivity index (χ0) is 39.7. The standard InChI is InChI=1S/C24H20ClN3O2.C18H16BrN3O2.C2H6/c1-28-9-8-16-10-19(12-20(22(16)28)15-4-6-18(25)7-5-15)27-23-21(24(29)30)11-17(13-26-23)14-2-3-14;1-22-5-4-11-6-13(8-15(19)16(11)22)21-17-14(18(23)24)7-12(9-20-17)10-2-3-10;1-2/h4-14H,2-3H2,1H3,(H,26,27)(H,29,30);4-10H,2-3H2,1H3,(H,20,21)(H,23,24);1-2H3. The number of carboxylic acids is 2.